The number of hydrogen-bond acceptors (Lipinski definition) is 3. The molecule has 0 bridgehead atoms. The fourth-order valence-electron chi connectivity index (χ4n) is 2.18. The fraction of sp³-hybridized carbons (Fsp3) is 0.429. The van der Waals surface area contributed by atoms with Gasteiger partial charge in [0.25, 0.3) is 0 Å². The van der Waals surface area contributed by atoms with Crippen molar-refractivity contribution in [1.82, 2.24) is 5.32 Å². The summed E-state index contributed by atoms with van der Waals surface area (Å²) in [6.45, 7) is 5.70. The van der Waals surface area contributed by atoms with Crippen LogP contribution in [-0.2, 0) is 9.59 Å². The number of nitrogens with one attached hydrogen (secondary N) is 1. The molecule has 0 saturated heterocycles. The highest BCUT2D eigenvalue weighted by Crippen LogP contribution is 2.33. The van der Waals surface area contributed by atoms with Crippen molar-refractivity contribution in [3.63, 3.8) is 0 Å². The lowest BCUT2D eigenvalue weighted by atomic mass is 10.1. The third-order valence-corrected chi connectivity index (χ3v) is 2.91. The van der Waals surface area contributed by atoms with Gasteiger partial charge in [-0.2, -0.15) is 0 Å². The zero-order valence-corrected chi connectivity index (χ0v) is 11.4. The largest absolute Gasteiger partial charge is 0.350 e. The second-order valence-electron chi connectivity index (χ2n) is 5.76. The van der Waals surface area contributed by atoms with Crippen molar-refractivity contribution < 1.29 is 9.59 Å². The summed E-state index contributed by atoms with van der Waals surface area (Å²) in [6.07, 6.45) is 0. The molecule has 0 radical (unpaired) electrons. The molecule has 0 spiro atoms. The lowest BCUT2D eigenvalue weighted by molar-refractivity contribution is -0.124. The molecule has 5 nitrogen and oxygen atoms in total. The molecule has 1 atom stereocenters. The van der Waals surface area contributed by atoms with E-state index in [-0.39, 0.29) is 23.9 Å². The minimum atomic E-state index is -0.668. The zero-order chi connectivity index (χ0) is 14.2. The summed E-state index contributed by atoms with van der Waals surface area (Å²) in [5.74, 6) is -0.421. The van der Waals surface area contributed by atoms with E-state index in [0.29, 0.717) is 0 Å². The number of amides is 2. The first kappa shape index (κ1) is 13.5. The molecule has 0 aromatic heterocycles. The van der Waals surface area contributed by atoms with Gasteiger partial charge in [0.2, 0.25) is 11.8 Å². The van der Waals surface area contributed by atoms with Crippen LogP contribution in [0.15, 0.2) is 24.3 Å². The number of hydrogen-bond donors (Lipinski definition) is 2. The summed E-state index contributed by atoms with van der Waals surface area (Å²) in [6, 6.07) is 6.63. The van der Waals surface area contributed by atoms with Crippen LogP contribution in [0, 0.1) is 0 Å². The van der Waals surface area contributed by atoms with E-state index in [2.05, 4.69) is 5.32 Å². The first-order valence-corrected chi connectivity index (χ1v) is 6.26. The van der Waals surface area contributed by atoms with Gasteiger partial charge >= 0.3 is 0 Å². The Labute approximate surface area is 112 Å². The minimum Gasteiger partial charge on any atom is -0.350 e. The van der Waals surface area contributed by atoms with Crippen molar-refractivity contribution in [3.05, 3.63) is 29.8 Å². The van der Waals surface area contributed by atoms with Crippen molar-refractivity contribution in [2.24, 2.45) is 5.73 Å². The number of nitrogens with zero attached hydrogens (tertiary/aromatic N) is 1. The number of para-hydroxylation sites is 1. The number of carbonyl (C=O) groups is 2. The Balaban J connectivity index is 2.18. The third-order valence-electron chi connectivity index (χ3n) is 2.91. The van der Waals surface area contributed by atoms with Crippen LogP contribution in [0.5, 0.6) is 0 Å². The summed E-state index contributed by atoms with van der Waals surface area (Å²) in [5.41, 5.74) is 7.04. The molecule has 1 heterocycles. The normalized spacial score (nSPS) is 18.4. The van der Waals surface area contributed by atoms with Gasteiger partial charge in [-0.3, -0.25) is 9.59 Å². The molecule has 1 unspecified atom stereocenters. The number of nitrogens with two attached hydrogens (primary N) is 1. The highest BCUT2D eigenvalue weighted by atomic mass is 16.2. The lowest BCUT2D eigenvalue weighted by Gasteiger charge is -2.23. The van der Waals surface area contributed by atoms with Crippen molar-refractivity contribution in [3.8, 4) is 0 Å². The smallest absolute Gasteiger partial charge is 0.249 e. The first-order valence-electron chi connectivity index (χ1n) is 6.26. The molecule has 5 heteroatoms. The van der Waals surface area contributed by atoms with Crippen LogP contribution >= 0.6 is 0 Å². The molecule has 102 valence electrons. The van der Waals surface area contributed by atoms with E-state index >= 15 is 0 Å². The Morgan fingerprint density at radius 3 is 2.63 bits per heavy atom. The fourth-order valence-corrected chi connectivity index (χ4v) is 2.18. The van der Waals surface area contributed by atoms with Crippen LogP contribution < -0.4 is 16.0 Å². The standard InChI is InChI=1S/C14H19N3O2/c1-14(2,3)16-11(18)8-17-10-7-5-4-6-9(10)12(15)13(17)19/h4-7,12H,8,15H2,1-3H3,(H,16,18). The Kier molecular flexibility index (Phi) is 3.32. The van der Waals surface area contributed by atoms with Gasteiger partial charge in [0.1, 0.15) is 12.6 Å². The van der Waals surface area contributed by atoms with Crippen molar-refractivity contribution in [2.75, 3.05) is 11.4 Å². The maximum Gasteiger partial charge on any atom is 0.249 e. The Hall–Kier alpha value is -1.88. The minimum absolute atomic E-state index is 0.000810. The van der Waals surface area contributed by atoms with Gasteiger partial charge < -0.3 is 16.0 Å². The van der Waals surface area contributed by atoms with Crippen LogP contribution in [0.2, 0.25) is 0 Å². The van der Waals surface area contributed by atoms with Gasteiger partial charge in [0.05, 0.1) is 0 Å². The van der Waals surface area contributed by atoms with E-state index < -0.39 is 6.04 Å². The van der Waals surface area contributed by atoms with Crippen molar-refractivity contribution in [2.45, 2.75) is 32.4 Å². The number of anilines is 1. The third kappa shape index (κ3) is 2.76. The van der Waals surface area contributed by atoms with E-state index in [0.717, 1.165) is 11.3 Å². The van der Waals surface area contributed by atoms with E-state index in [9.17, 15) is 9.59 Å². The van der Waals surface area contributed by atoms with Crippen LogP contribution in [-0.4, -0.2) is 23.9 Å². The van der Waals surface area contributed by atoms with E-state index in [4.69, 9.17) is 5.73 Å². The summed E-state index contributed by atoms with van der Waals surface area (Å²) in [7, 11) is 0. The molecule has 1 aromatic rings. The molecule has 1 aromatic carbocycles. The van der Waals surface area contributed by atoms with Gasteiger partial charge in [-0.05, 0) is 26.8 Å². The summed E-state index contributed by atoms with van der Waals surface area (Å²) in [4.78, 5) is 25.5. The predicted molar refractivity (Wildman–Crippen MR) is 73.6 cm³/mol. The average Bonchev–Trinajstić information content (AvgIpc) is 2.53. The van der Waals surface area contributed by atoms with Crippen molar-refractivity contribution in [1.29, 1.82) is 0 Å². The second-order valence-corrected chi connectivity index (χ2v) is 5.76. The van der Waals surface area contributed by atoms with Gasteiger partial charge in [0, 0.05) is 16.8 Å². The van der Waals surface area contributed by atoms with E-state index in [1.807, 2.05) is 45.0 Å². The summed E-state index contributed by atoms with van der Waals surface area (Å²) in [5, 5.41) is 2.84. The molecule has 2 rings (SSSR count). The number of rotatable bonds is 2. The van der Waals surface area contributed by atoms with Crippen LogP contribution in [0.3, 0.4) is 0 Å². The summed E-state index contributed by atoms with van der Waals surface area (Å²) < 4.78 is 0. The molecular formula is C14H19N3O2. The highest BCUT2D eigenvalue weighted by molar-refractivity contribution is 6.07. The number of benzene rings is 1. The van der Waals surface area contributed by atoms with Gasteiger partial charge in [0.15, 0.2) is 0 Å². The molecule has 3 N–H and O–H groups in total. The first-order chi connectivity index (χ1) is 8.79. The van der Waals surface area contributed by atoms with Crippen LogP contribution in [0.4, 0.5) is 5.69 Å². The molecule has 0 saturated carbocycles. The van der Waals surface area contributed by atoms with Crippen molar-refractivity contribution >= 4 is 17.5 Å². The maximum absolute atomic E-state index is 12.1. The number of fused-ring (bicyclic) bond motifs is 1. The molecule has 0 fully saturated rings. The topological polar surface area (TPSA) is 75.4 Å². The van der Waals surface area contributed by atoms with Gasteiger partial charge in [-0.25, -0.2) is 0 Å². The Morgan fingerprint density at radius 2 is 2.00 bits per heavy atom. The molecule has 19 heavy (non-hydrogen) atoms. The molecular weight excluding hydrogens is 242 g/mol. The Morgan fingerprint density at radius 1 is 1.37 bits per heavy atom. The maximum atomic E-state index is 12.1. The van der Waals surface area contributed by atoms with Crippen LogP contribution in [0.1, 0.15) is 32.4 Å². The monoisotopic (exact) mass is 261 g/mol. The zero-order valence-electron chi connectivity index (χ0n) is 11.4. The SMILES string of the molecule is CC(C)(C)NC(=O)CN1C(=O)C(N)c2ccccc21. The van der Waals surface area contributed by atoms with E-state index in [1.165, 1.54) is 4.90 Å². The highest BCUT2D eigenvalue weighted by Gasteiger charge is 2.35. The second kappa shape index (κ2) is 4.66. The quantitative estimate of drug-likeness (QED) is 0.832. The van der Waals surface area contributed by atoms with Crippen LogP contribution in [0.25, 0.3) is 0 Å². The van der Waals surface area contributed by atoms with Gasteiger partial charge in [-0.15, -0.1) is 0 Å². The molecule has 2 amide bonds. The predicted octanol–water partition coefficient (Wildman–Crippen LogP) is 0.948. The molecule has 1 aliphatic heterocycles. The molecule has 1 aliphatic rings. The van der Waals surface area contributed by atoms with Gasteiger partial charge in [-0.1, -0.05) is 18.2 Å². The van der Waals surface area contributed by atoms with E-state index in [1.54, 1.807) is 0 Å². The number of carbonyl (C=O) groups excluding carboxylic acids is 2. The Bertz CT molecular complexity index is 520. The lowest BCUT2D eigenvalue weighted by Crippen LogP contribution is -2.47. The average molecular weight is 261 g/mol. The summed E-state index contributed by atoms with van der Waals surface area (Å²) >= 11 is 0. The molecule has 0 aliphatic carbocycles.